The lowest BCUT2D eigenvalue weighted by Crippen LogP contribution is -2.20. The third-order valence-corrected chi connectivity index (χ3v) is 7.46. The van der Waals surface area contributed by atoms with Gasteiger partial charge in [-0.05, 0) is 28.7 Å². The molecule has 6 rings (SSSR count). The average molecular weight is 499 g/mol. The topological polar surface area (TPSA) is 99.4 Å². The molecule has 2 aromatic heterocycles. The summed E-state index contributed by atoms with van der Waals surface area (Å²) in [5, 5.41) is 10.4. The van der Waals surface area contributed by atoms with Crippen LogP contribution in [0.2, 0.25) is 0 Å². The number of benzene rings is 2. The summed E-state index contributed by atoms with van der Waals surface area (Å²) < 4.78 is 13.7. The summed E-state index contributed by atoms with van der Waals surface area (Å²) in [5.74, 6) is -0.228. The lowest BCUT2D eigenvalue weighted by molar-refractivity contribution is -0.143. The highest BCUT2D eigenvalue weighted by Gasteiger charge is 2.35. The summed E-state index contributed by atoms with van der Waals surface area (Å²) in [6, 6.07) is 16.6. The van der Waals surface area contributed by atoms with Crippen LogP contribution in [0.5, 0.6) is 0 Å². The number of hydrogen-bond donors (Lipinski definition) is 1. The maximum absolute atomic E-state index is 12.7. The Morgan fingerprint density at radius 3 is 2.54 bits per heavy atom. The van der Waals surface area contributed by atoms with Crippen LogP contribution in [0.1, 0.15) is 61.6 Å². The van der Waals surface area contributed by atoms with Gasteiger partial charge in [-0.3, -0.25) is 9.36 Å². The van der Waals surface area contributed by atoms with E-state index in [0.717, 1.165) is 12.8 Å². The third-order valence-electron chi connectivity index (χ3n) is 7.46. The predicted octanol–water partition coefficient (Wildman–Crippen LogP) is 4.56. The summed E-state index contributed by atoms with van der Waals surface area (Å²) in [6.45, 7) is 2.38. The van der Waals surface area contributed by atoms with Crippen molar-refractivity contribution < 1.29 is 19.4 Å². The van der Waals surface area contributed by atoms with E-state index in [0.29, 0.717) is 36.3 Å². The fraction of sp³-hybridized carbons (Fsp3) is 0.379. The SMILES string of the molecule is CCCC1OC(n2cnc3c(CCC(=O)OCC4c5ccccc5-c5ccccc54)ncnc32)CC1O. The number of imidazole rings is 1. The fourth-order valence-electron chi connectivity index (χ4n) is 5.63. The molecule has 0 spiro atoms. The normalized spacial score (nSPS) is 20.8. The number of esters is 1. The van der Waals surface area contributed by atoms with Crippen molar-refractivity contribution in [2.75, 3.05) is 6.61 Å². The smallest absolute Gasteiger partial charge is 0.306 e. The first-order valence-corrected chi connectivity index (χ1v) is 13.0. The van der Waals surface area contributed by atoms with Crippen molar-refractivity contribution in [1.82, 2.24) is 19.5 Å². The number of aliphatic hydroxyl groups is 1. The highest BCUT2D eigenvalue weighted by Crippen LogP contribution is 2.44. The van der Waals surface area contributed by atoms with Crippen LogP contribution in [-0.4, -0.2) is 49.4 Å². The van der Waals surface area contributed by atoms with Gasteiger partial charge in [0.2, 0.25) is 0 Å². The third kappa shape index (κ3) is 4.40. The van der Waals surface area contributed by atoms with Crippen molar-refractivity contribution in [3.8, 4) is 11.1 Å². The van der Waals surface area contributed by atoms with E-state index in [2.05, 4.69) is 46.1 Å². The number of rotatable bonds is 8. The maximum Gasteiger partial charge on any atom is 0.306 e. The van der Waals surface area contributed by atoms with Crippen LogP contribution >= 0.6 is 0 Å². The molecule has 0 radical (unpaired) electrons. The molecule has 3 atom stereocenters. The first-order chi connectivity index (χ1) is 18.1. The van der Waals surface area contributed by atoms with E-state index < -0.39 is 6.10 Å². The molecule has 1 N–H and O–H groups in total. The van der Waals surface area contributed by atoms with Gasteiger partial charge < -0.3 is 14.6 Å². The van der Waals surface area contributed by atoms with Crippen LogP contribution in [0.15, 0.2) is 61.2 Å². The highest BCUT2D eigenvalue weighted by atomic mass is 16.5. The summed E-state index contributed by atoms with van der Waals surface area (Å²) in [4.78, 5) is 26.1. The van der Waals surface area contributed by atoms with Crippen LogP contribution in [0.25, 0.3) is 22.3 Å². The van der Waals surface area contributed by atoms with Crippen LogP contribution in [0.3, 0.4) is 0 Å². The molecule has 37 heavy (non-hydrogen) atoms. The van der Waals surface area contributed by atoms with E-state index in [1.54, 1.807) is 6.33 Å². The second-order valence-electron chi connectivity index (χ2n) is 9.78. The largest absolute Gasteiger partial charge is 0.465 e. The predicted molar refractivity (Wildman–Crippen MR) is 138 cm³/mol. The molecular formula is C29H30N4O4. The van der Waals surface area contributed by atoms with E-state index in [4.69, 9.17) is 9.47 Å². The number of aliphatic hydroxyl groups excluding tert-OH is 1. The zero-order valence-electron chi connectivity index (χ0n) is 20.8. The lowest BCUT2D eigenvalue weighted by Gasteiger charge is -2.15. The van der Waals surface area contributed by atoms with Crippen molar-refractivity contribution >= 4 is 17.1 Å². The molecule has 190 valence electrons. The Kier molecular flexibility index (Phi) is 6.44. The molecule has 3 unspecified atom stereocenters. The van der Waals surface area contributed by atoms with E-state index in [-0.39, 0.29) is 30.6 Å². The van der Waals surface area contributed by atoms with Gasteiger partial charge in [-0.25, -0.2) is 15.0 Å². The quantitative estimate of drug-likeness (QED) is 0.356. The Hall–Kier alpha value is -3.62. The summed E-state index contributed by atoms with van der Waals surface area (Å²) in [7, 11) is 0. The number of carbonyl (C=O) groups is 1. The Labute approximate surface area is 215 Å². The van der Waals surface area contributed by atoms with Crippen LogP contribution in [-0.2, 0) is 20.7 Å². The molecule has 0 saturated carbocycles. The highest BCUT2D eigenvalue weighted by molar-refractivity contribution is 5.79. The Morgan fingerprint density at radius 1 is 1.08 bits per heavy atom. The zero-order chi connectivity index (χ0) is 25.4. The fourth-order valence-corrected chi connectivity index (χ4v) is 5.63. The summed E-state index contributed by atoms with van der Waals surface area (Å²) >= 11 is 0. The minimum Gasteiger partial charge on any atom is -0.465 e. The van der Waals surface area contributed by atoms with Crippen LogP contribution < -0.4 is 0 Å². The maximum atomic E-state index is 12.7. The van der Waals surface area contributed by atoms with E-state index in [9.17, 15) is 9.90 Å². The van der Waals surface area contributed by atoms with Gasteiger partial charge in [-0.15, -0.1) is 0 Å². The molecule has 3 heterocycles. The van der Waals surface area contributed by atoms with Gasteiger partial charge >= 0.3 is 5.97 Å². The Bertz CT molecular complexity index is 1390. The van der Waals surface area contributed by atoms with Gasteiger partial charge in [-0.2, -0.15) is 0 Å². The number of nitrogens with zero attached hydrogens (tertiary/aromatic N) is 4. The van der Waals surface area contributed by atoms with Gasteiger partial charge in [0, 0.05) is 18.8 Å². The molecule has 4 aromatic rings. The second-order valence-corrected chi connectivity index (χ2v) is 9.78. The minimum absolute atomic E-state index is 0.0381. The van der Waals surface area contributed by atoms with Gasteiger partial charge in [-0.1, -0.05) is 61.9 Å². The van der Waals surface area contributed by atoms with E-state index >= 15 is 0 Å². The molecule has 1 aliphatic heterocycles. The summed E-state index contributed by atoms with van der Waals surface area (Å²) in [6.07, 6.45) is 5.03. The van der Waals surface area contributed by atoms with Gasteiger partial charge in [0.15, 0.2) is 5.65 Å². The Morgan fingerprint density at radius 2 is 1.81 bits per heavy atom. The van der Waals surface area contributed by atoms with E-state index in [1.807, 2.05) is 28.8 Å². The molecule has 8 heteroatoms. The molecule has 1 saturated heterocycles. The molecular weight excluding hydrogens is 468 g/mol. The van der Waals surface area contributed by atoms with Gasteiger partial charge in [0.1, 0.15) is 24.7 Å². The van der Waals surface area contributed by atoms with Crippen molar-refractivity contribution in [2.45, 2.75) is 63.4 Å². The lowest BCUT2D eigenvalue weighted by atomic mass is 9.98. The molecule has 8 nitrogen and oxygen atoms in total. The monoisotopic (exact) mass is 498 g/mol. The molecule has 0 amide bonds. The van der Waals surface area contributed by atoms with Crippen molar-refractivity contribution in [1.29, 1.82) is 0 Å². The first-order valence-electron chi connectivity index (χ1n) is 13.0. The van der Waals surface area contributed by atoms with Crippen molar-refractivity contribution in [3.05, 3.63) is 78.0 Å². The summed E-state index contributed by atoms with van der Waals surface area (Å²) in [5.41, 5.74) is 6.79. The minimum atomic E-state index is -0.503. The molecule has 0 bridgehead atoms. The van der Waals surface area contributed by atoms with E-state index in [1.165, 1.54) is 28.6 Å². The molecule has 1 fully saturated rings. The van der Waals surface area contributed by atoms with Crippen molar-refractivity contribution in [2.24, 2.45) is 0 Å². The number of carbonyl (C=O) groups excluding carboxylic acids is 1. The van der Waals surface area contributed by atoms with Gasteiger partial charge in [0.05, 0.1) is 30.7 Å². The number of aryl methyl sites for hydroxylation is 1. The number of hydrogen-bond acceptors (Lipinski definition) is 7. The number of fused-ring (bicyclic) bond motifs is 4. The second kappa shape index (κ2) is 10.0. The number of aromatic nitrogens is 4. The molecule has 2 aromatic carbocycles. The first kappa shape index (κ1) is 23.8. The van der Waals surface area contributed by atoms with Crippen LogP contribution in [0, 0.1) is 0 Å². The van der Waals surface area contributed by atoms with Crippen LogP contribution in [0.4, 0.5) is 0 Å². The molecule has 2 aliphatic rings. The number of ether oxygens (including phenoxy) is 2. The Balaban J connectivity index is 1.11. The zero-order valence-corrected chi connectivity index (χ0v) is 20.8. The van der Waals surface area contributed by atoms with Gasteiger partial charge in [0.25, 0.3) is 0 Å². The standard InChI is InChI=1S/C29H30N4O4/c1-2-7-25-24(34)14-26(37-25)33-17-32-28-23(30-16-31-29(28)33)12-13-27(35)36-15-22-20-10-5-3-8-18(20)19-9-4-6-11-21(19)22/h3-6,8-11,16-17,22,24-26,34H,2,7,12-15H2,1H3. The van der Waals surface area contributed by atoms with Crippen molar-refractivity contribution in [3.63, 3.8) is 0 Å². The molecule has 1 aliphatic carbocycles. The average Bonchev–Trinajstić information content (AvgIpc) is 3.60.